The topological polar surface area (TPSA) is 43.8 Å². The maximum absolute atomic E-state index is 12.6. The minimum atomic E-state index is -0.118. The fourth-order valence-corrected chi connectivity index (χ4v) is 3.20. The van der Waals surface area contributed by atoms with Crippen LogP contribution in [0.25, 0.3) is 0 Å². The number of rotatable bonds is 2. The van der Waals surface area contributed by atoms with E-state index in [0.29, 0.717) is 18.7 Å². The van der Waals surface area contributed by atoms with Gasteiger partial charge in [0.15, 0.2) is 0 Å². The van der Waals surface area contributed by atoms with Crippen molar-refractivity contribution in [2.24, 2.45) is 0 Å². The van der Waals surface area contributed by atoms with E-state index in [1.807, 2.05) is 0 Å². The number of phenolic OH excluding ortho intramolecular Hbond substituents is 1. The number of carbonyl (C=O) groups excluding carboxylic acids is 1. The molecule has 1 saturated heterocycles. The highest BCUT2D eigenvalue weighted by Gasteiger charge is 2.24. The zero-order chi connectivity index (χ0) is 16.4. The molecule has 1 heterocycles. The minimum absolute atomic E-state index is 0.0271. The SMILES string of the molecule is Cc1cccc(N2CCN(C(=O)c3cc(Br)ccc3O)CC2)c1. The van der Waals surface area contributed by atoms with Crippen LogP contribution < -0.4 is 4.90 Å². The molecular formula is C18H19BrN2O2. The summed E-state index contributed by atoms with van der Waals surface area (Å²) in [5.41, 5.74) is 2.78. The van der Waals surface area contributed by atoms with Gasteiger partial charge in [-0.15, -0.1) is 0 Å². The highest BCUT2D eigenvalue weighted by molar-refractivity contribution is 9.10. The summed E-state index contributed by atoms with van der Waals surface area (Å²) < 4.78 is 0.789. The molecule has 1 amide bonds. The second kappa shape index (κ2) is 6.62. The van der Waals surface area contributed by atoms with Crippen molar-refractivity contribution < 1.29 is 9.90 Å². The van der Waals surface area contributed by atoms with Gasteiger partial charge in [-0.1, -0.05) is 28.1 Å². The van der Waals surface area contributed by atoms with Crippen LogP contribution in [-0.2, 0) is 0 Å². The molecule has 1 aliphatic heterocycles. The van der Waals surface area contributed by atoms with Crippen LogP contribution in [0.3, 0.4) is 0 Å². The summed E-state index contributed by atoms with van der Waals surface area (Å²) in [4.78, 5) is 16.7. The number of anilines is 1. The normalized spacial score (nSPS) is 14.9. The van der Waals surface area contributed by atoms with E-state index < -0.39 is 0 Å². The van der Waals surface area contributed by atoms with Crippen molar-refractivity contribution in [2.45, 2.75) is 6.92 Å². The number of carbonyl (C=O) groups is 1. The molecule has 1 N–H and O–H groups in total. The van der Waals surface area contributed by atoms with E-state index >= 15 is 0 Å². The van der Waals surface area contributed by atoms with Gasteiger partial charge < -0.3 is 14.9 Å². The monoisotopic (exact) mass is 374 g/mol. The smallest absolute Gasteiger partial charge is 0.257 e. The van der Waals surface area contributed by atoms with Crippen molar-refractivity contribution in [2.75, 3.05) is 31.1 Å². The number of amides is 1. The lowest BCUT2D eigenvalue weighted by atomic mass is 10.1. The standard InChI is InChI=1S/C18H19BrN2O2/c1-13-3-2-4-15(11-13)20-7-9-21(10-8-20)18(23)16-12-14(19)5-6-17(16)22/h2-6,11-12,22H,7-10H2,1H3. The Morgan fingerprint density at radius 2 is 1.83 bits per heavy atom. The highest BCUT2D eigenvalue weighted by atomic mass is 79.9. The molecule has 2 aromatic carbocycles. The molecule has 0 unspecified atom stereocenters. The summed E-state index contributed by atoms with van der Waals surface area (Å²) in [6.45, 7) is 4.98. The molecule has 1 aliphatic rings. The van der Waals surface area contributed by atoms with Crippen LogP contribution in [0.1, 0.15) is 15.9 Å². The van der Waals surface area contributed by atoms with Crippen molar-refractivity contribution in [1.29, 1.82) is 0 Å². The Hall–Kier alpha value is -2.01. The molecule has 0 aromatic heterocycles. The fourth-order valence-electron chi connectivity index (χ4n) is 2.84. The number of hydrogen-bond donors (Lipinski definition) is 1. The van der Waals surface area contributed by atoms with Crippen molar-refractivity contribution in [3.05, 3.63) is 58.1 Å². The Labute approximate surface area is 144 Å². The van der Waals surface area contributed by atoms with Crippen LogP contribution in [0.2, 0.25) is 0 Å². The Morgan fingerprint density at radius 1 is 1.09 bits per heavy atom. The molecule has 3 rings (SSSR count). The zero-order valence-electron chi connectivity index (χ0n) is 13.0. The van der Waals surface area contributed by atoms with Crippen LogP contribution >= 0.6 is 15.9 Å². The molecule has 0 saturated carbocycles. The Kier molecular flexibility index (Phi) is 4.57. The summed E-state index contributed by atoms with van der Waals surface area (Å²) in [5.74, 6) is -0.0907. The van der Waals surface area contributed by atoms with Gasteiger partial charge in [0, 0.05) is 36.3 Å². The van der Waals surface area contributed by atoms with E-state index in [0.717, 1.165) is 17.6 Å². The number of benzene rings is 2. The molecule has 0 atom stereocenters. The first-order chi connectivity index (χ1) is 11.0. The number of aryl methyl sites for hydroxylation is 1. The van der Waals surface area contributed by atoms with Gasteiger partial charge in [0.1, 0.15) is 5.75 Å². The number of hydrogen-bond acceptors (Lipinski definition) is 3. The lowest BCUT2D eigenvalue weighted by Crippen LogP contribution is -2.48. The molecule has 2 aromatic rings. The van der Waals surface area contributed by atoms with Gasteiger partial charge in [-0.3, -0.25) is 4.79 Å². The maximum Gasteiger partial charge on any atom is 0.257 e. The van der Waals surface area contributed by atoms with Gasteiger partial charge in [-0.05, 0) is 42.8 Å². The number of aromatic hydroxyl groups is 1. The third-order valence-electron chi connectivity index (χ3n) is 4.12. The van der Waals surface area contributed by atoms with E-state index in [4.69, 9.17) is 0 Å². The molecule has 0 aliphatic carbocycles. The Morgan fingerprint density at radius 3 is 2.52 bits per heavy atom. The summed E-state index contributed by atoms with van der Waals surface area (Å²) in [6.07, 6.45) is 0. The minimum Gasteiger partial charge on any atom is -0.507 e. The summed E-state index contributed by atoms with van der Waals surface area (Å²) in [5, 5.41) is 9.92. The largest absolute Gasteiger partial charge is 0.507 e. The number of phenols is 1. The van der Waals surface area contributed by atoms with Crippen LogP contribution in [0.4, 0.5) is 5.69 Å². The van der Waals surface area contributed by atoms with Gasteiger partial charge in [0.25, 0.3) is 5.91 Å². The molecule has 5 heteroatoms. The average molecular weight is 375 g/mol. The van der Waals surface area contributed by atoms with E-state index in [1.165, 1.54) is 11.3 Å². The number of piperazine rings is 1. The molecule has 0 radical (unpaired) electrons. The predicted molar refractivity (Wildman–Crippen MR) is 95.1 cm³/mol. The molecule has 4 nitrogen and oxygen atoms in total. The van der Waals surface area contributed by atoms with Gasteiger partial charge in [-0.2, -0.15) is 0 Å². The maximum atomic E-state index is 12.6. The van der Waals surface area contributed by atoms with Gasteiger partial charge in [0.2, 0.25) is 0 Å². The second-order valence-corrected chi connectivity index (χ2v) is 6.70. The van der Waals surface area contributed by atoms with Crippen LogP contribution in [0.15, 0.2) is 46.9 Å². The molecule has 120 valence electrons. The zero-order valence-corrected chi connectivity index (χ0v) is 14.6. The van der Waals surface area contributed by atoms with Crippen LogP contribution in [-0.4, -0.2) is 42.1 Å². The Balaban J connectivity index is 1.69. The van der Waals surface area contributed by atoms with E-state index in [2.05, 4.69) is 52.0 Å². The van der Waals surface area contributed by atoms with Crippen LogP contribution in [0, 0.1) is 6.92 Å². The third kappa shape index (κ3) is 3.50. The van der Waals surface area contributed by atoms with Crippen molar-refractivity contribution in [1.82, 2.24) is 4.90 Å². The second-order valence-electron chi connectivity index (χ2n) is 5.78. The molecule has 0 spiro atoms. The summed E-state index contributed by atoms with van der Waals surface area (Å²) in [7, 11) is 0. The van der Waals surface area contributed by atoms with E-state index in [9.17, 15) is 9.90 Å². The summed E-state index contributed by atoms with van der Waals surface area (Å²) in [6, 6.07) is 13.3. The van der Waals surface area contributed by atoms with Gasteiger partial charge in [0.05, 0.1) is 5.56 Å². The molecule has 1 fully saturated rings. The first-order valence-corrected chi connectivity index (χ1v) is 8.43. The number of nitrogens with zero attached hydrogens (tertiary/aromatic N) is 2. The van der Waals surface area contributed by atoms with Crippen molar-refractivity contribution in [3.8, 4) is 5.75 Å². The average Bonchev–Trinajstić information content (AvgIpc) is 2.56. The molecule has 0 bridgehead atoms. The third-order valence-corrected chi connectivity index (χ3v) is 4.62. The fraction of sp³-hybridized carbons (Fsp3) is 0.278. The van der Waals surface area contributed by atoms with Gasteiger partial charge in [-0.25, -0.2) is 0 Å². The van der Waals surface area contributed by atoms with E-state index in [1.54, 1.807) is 23.1 Å². The Bertz CT molecular complexity index is 725. The predicted octanol–water partition coefficient (Wildman–Crippen LogP) is 3.43. The molecular weight excluding hydrogens is 356 g/mol. The lowest BCUT2D eigenvalue weighted by Gasteiger charge is -2.36. The molecule has 23 heavy (non-hydrogen) atoms. The van der Waals surface area contributed by atoms with Gasteiger partial charge >= 0.3 is 0 Å². The first kappa shape index (κ1) is 15.9. The van der Waals surface area contributed by atoms with Crippen molar-refractivity contribution in [3.63, 3.8) is 0 Å². The summed E-state index contributed by atoms with van der Waals surface area (Å²) >= 11 is 3.35. The first-order valence-electron chi connectivity index (χ1n) is 7.64. The quantitative estimate of drug-likeness (QED) is 0.875. The number of halogens is 1. The highest BCUT2D eigenvalue weighted by Crippen LogP contribution is 2.24. The lowest BCUT2D eigenvalue weighted by molar-refractivity contribution is 0.0743. The van der Waals surface area contributed by atoms with E-state index in [-0.39, 0.29) is 11.7 Å². The van der Waals surface area contributed by atoms with Crippen molar-refractivity contribution >= 4 is 27.5 Å². The van der Waals surface area contributed by atoms with Crippen LogP contribution in [0.5, 0.6) is 5.75 Å².